The Kier molecular flexibility index (Phi) is 4.97. The lowest BCUT2D eigenvalue weighted by molar-refractivity contribution is -0.138. The normalized spacial score (nSPS) is 17.5. The second-order valence-electron chi connectivity index (χ2n) is 5.44. The fourth-order valence-corrected chi connectivity index (χ4v) is 2.89. The molecule has 0 aromatic heterocycles. The van der Waals surface area contributed by atoms with Crippen molar-refractivity contribution in [3.63, 3.8) is 0 Å². The SMILES string of the molecule is CCc1ccccc1CN1CCC(CC(=O)O)CC1. The highest BCUT2D eigenvalue weighted by Gasteiger charge is 2.21. The summed E-state index contributed by atoms with van der Waals surface area (Å²) < 4.78 is 0. The summed E-state index contributed by atoms with van der Waals surface area (Å²) in [5.74, 6) is -0.287. The molecule has 3 nitrogen and oxygen atoms in total. The van der Waals surface area contributed by atoms with Gasteiger partial charge in [-0.15, -0.1) is 0 Å². The maximum absolute atomic E-state index is 10.7. The minimum atomic E-state index is -0.658. The molecule has 0 aliphatic carbocycles. The molecule has 1 aromatic rings. The molecule has 1 saturated heterocycles. The van der Waals surface area contributed by atoms with E-state index in [2.05, 4.69) is 36.1 Å². The average molecular weight is 261 g/mol. The average Bonchev–Trinajstić information content (AvgIpc) is 2.41. The summed E-state index contributed by atoms with van der Waals surface area (Å²) >= 11 is 0. The third kappa shape index (κ3) is 4.06. The topological polar surface area (TPSA) is 40.5 Å². The maximum atomic E-state index is 10.7. The number of hydrogen-bond donors (Lipinski definition) is 1. The molecule has 0 spiro atoms. The van der Waals surface area contributed by atoms with Gasteiger partial charge in [0.05, 0.1) is 0 Å². The van der Waals surface area contributed by atoms with Gasteiger partial charge in [-0.3, -0.25) is 9.69 Å². The summed E-state index contributed by atoms with van der Waals surface area (Å²) in [6.07, 6.45) is 3.44. The lowest BCUT2D eigenvalue weighted by Crippen LogP contribution is -2.34. The van der Waals surface area contributed by atoms with E-state index in [-0.39, 0.29) is 0 Å². The number of aryl methyl sites for hydroxylation is 1. The molecule has 1 heterocycles. The zero-order valence-electron chi connectivity index (χ0n) is 11.6. The molecule has 19 heavy (non-hydrogen) atoms. The van der Waals surface area contributed by atoms with Crippen LogP contribution in [0.3, 0.4) is 0 Å². The summed E-state index contributed by atoms with van der Waals surface area (Å²) in [5, 5.41) is 8.82. The standard InChI is InChI=1S/C16H23NO2/c1-2-14-5-3-4-6-15(14)12-17-9-7-13(8-10-17)11-16(18)19/h3-6,13H,2,7-12H2,1H3,(H,18,19). The van der Waals surface area contributed by atoms with Gasteiger partial charge < -0.3 is 5.11 Å². The van der Waals surface area contributed by atoms with E-state index in [0.29, 0.717) is 12.3 Å². The third-order valence-corrected chi connectivity index (χ3v) is 4.06. The van der Waals surface area contributed by atoms with Gasteiger partial charge in [-0.2, -0.15) is 0 Å². The third-order valence-electron chi connectivity index (χ3n) is 4.06. The number of aliphatic carboxylic acids is 1. The molecule has 0 amide bonds. The summed E-state index contributed by atoms with van der Waals surface area (Å²) in [7, 11) is 0. The Labute approximate surface area is 115 Å². The predicted molar refractivity (Wildman–Crippen MR) is 76.1 cm³/mol. The number of hydrogen-bond acceptors (Lipinski definition) is 2. The maximum Gasteiger partial charge on any atom is 0.303 e. The van der Waals surface area contributed by atoms with E-state index < -0.39 is 5.97 Å². The van der Waals surface area contributed by atoms with Gasteiger partial charge in [-0.05, 0) is 49.4 Å². The molecule has 0 bridgehead atoms. The van der Waals surface area contributed by atoms with Crippen LogP contribution in [-0.2, 0) is 17.8 Å². The van der Waals surface area contributed by atoms with Crippen LogP contribution in [0.5, 0.6) is 0 Å². The van der Waals surface area contributed by atoms with Crippen molar-refractivity contribution in [1.82, 2.24) is 4.90 Å². The van der Waals surface area contributed by atoms with Gasteiger partial charge in [0, 0.05) is 13.0 Å². The highest BCUT2D eigenvalue weighted by molar-refractivity contribution is 5.67. The van der Waals surface area contributed by atoms with Crippen LogP contribution in [-0.4, -0.2) is 29.1 Å². The van der Waals surface area contributed by atoms with Gasteiger partial charge in [-0.1, -0.05) is 31.2 Å². The minimum absolute atomic E-state index is 0.333. The molecule has 1 aliphatic heterocycles. The molecule has 0 atom stereocenters. The number of carbonyl (C=O) groups is 1. The Morgan fingerprint density at radius 3 is 2.47 bits per heavy atom. The molecular formula is C16H23NO2. The first-order valence-corrected chi connectivity index (χ1v) is 7.20. The molecule has 1 aliphatic rings. The van der Waals surface area contributed by atoms with E-state index in [1.807, 2.05) is 0 Å². The molecule has 0 saturated carbocycles. The van der Waals surface area contributed by atoms with Crippen LogP contribution < -0.4 is 0 Å². The first-order chi connectivity index (χ1) is 9.19. The molecule has 1 aromatic carbocycles. The van der Waals surface area contributed by atoms with E-state index in [0.717, 1.165) is 38.9 Å². The number of rotatable bonds is 5. The summed E-state index contributed by atoms with van der Waals surface area (Å²) in [4.78, 5) is 13.2. The summed E-state index contributed by atoms with van der Waals surface area (Å²) in [5.41, 5.74) is 2.84. The number of carboxylic acid groups (broad SMARTS) is 1. The summed E-state index contributed by atoms with van der Waals surface area (Å²) in [6.45, 7) is 5.24. The van der Waals surface area contributed by atoms with Crippen LogP contribution in [0.1, 0.15) is 37.3 Å². The van der Waals surface area contributed by atoms with Crippen molar-refractivity contribution in [1.29, 1.82) is 0 Å². The number of nitrogens with zero attached hydrogens (tertiary/aromatic N) is 1. The van der Waals surface area contributed by atoms with Gasteiger partial charge in [0.1, 0.15) is 0 Å². The second-order valence-corrected chi connectivity index (χ2v) is 5.44. The fraction of sp³-hybridized carbons (Fsp3) is 0.562. The van der Waals surface area contributed by atoms with Crippen LogP contribution in [0.4, 0.5) is 0 Å². The van der Waals surface area contributed by atoms with Gasteiger partial charge in [0.25, 0.3) is 0 Å². The number of piperidine rings is 1. The molecule has 1 fully saturated rings. The Balaban J connectivity index is 1.87. The fourth-order valence-electron chi connectivity index (χ4n) is 2.89. The highest BCUT2D eigenvalue weighted by atomic mass is 16.4. The molecule has 0 radical (unpaired) electrons. The predicted octanol–water partition coefficient (Wildman–Crippen LogP) is 2.94. The van der Waals surface area contributed by atoms with Crippen molar-refractivity contribution in [3.05, 3.63) is 35.4 Å². The molecule has 1 N–H and O–H groups in total. The molecule has 104 valence electrons. The van der Waals surface area contributed by atoms with E-state index >= 15 is 0 Å². The van der Waals surface area contributed by atoms with E-state index in [1.54, 1.807) is 0 Å². The first-order valence-electron chi connectivity index (χ1n) is 7.20. The van der Waals surface area contributed by atoms with Crippen LogP contribution in [0.25, 0.3) is 0 Å². The Morgan fingerprint density at radius 1 is 1.26 bits per heavy atom. The number of carboxylic acids is 1. The number of benzene rings is 1. The van der Waals surface area contributed by atoms with Gasteiger partial charge in [0.15, 0.2) is 0 Å². The van der Waals surface area contributed by atoms with Crippen molar-refractivity contribution in [2.75, 3.05) is 13.1 Å². The van der Waals surface area contributed by atoms with Crippen molar-refractivity contribution in [2.45, 2.75) is 39.2 Å². The zero-order valence-corrected chi connectivity index (χ0v) is 11.6. The van der Waals surface area contributed by atoms with Gasteiger partial charge in [0.2, 0.25) is 0 Å². The van der Waals surface area contributed by atoms with Crippen LogP contribution in [0, 0.1) is 5.92 Å². The van der Waals surface area contributed by atoms with Crippen molar-refractivity contribution >= 4 is 5.97 Å². The van der Waals surface area contributed by atoms with E-state index in [4.69, 9.17) is 5.11 Å². The Morgan fingerprint density at radius 2 is 1.89 bits per heavy atom. The Hall–Kier alpha value is -1.35. The molecule has 3 heteroatoms. The molecule has 2 rings (SSSR count). The van der Waals surface area contributed by atoms with Crippen molar-refractivity contribution < 1.29 is 9.90 Å². The first kappa shape index (κ1) is 14.1. The zero-order chi connectivity index (χ0) is 13.7. The summed E-state index contributed by atoms with van der Waals surface area (Å²) in [6, 6.07) is 8.61. The van der Waals surface area contributed by atoms with E-state index in [1.165, 1.54) is 11.1 Å². The largest absolute Gasteiger partial charge is 0.481 e. The second kappa shape index (κ2) is 6.71. The van der Waals surface area contributed by atoms with Crippen LogP contribution in [0.2, 0.25) is 0 Å². The van der Waals surface area contributed by atoms with Crippen molar-refractivity contribution in [2.24, 2.45) is 5.92 Å². The number of likely N-dealkylation sites (tertiary alicyclic amines) is 1. The molecule has 0 unspecified atom stereocenters. The van der Waals surface area contributed by atoms with Gasteiger partial charge in [-0.25, -0.2) is 0 Å². The minimum Gasteiger partial charge on any atom is -0.481 e. The highest BCUT2D eigenvalue weighted by Crippen LogP contribution is 2.22. The molecular weight excluding hydrogens is 238 g/mol. The van der Waals surface area contributed by atoms with E-state index in [9.17, 15) is 4.79 Å². The van der Waals surface area contributed by atoms with Crippen LogP contribution >= 0.6 is 0 Å². The van der Waals surface area contributed by atoms with Crippen molar-refractivity contribution in [3.8, 4) is 0 Å². The lowest BCUT2D eigenvalue weighted by Gasteiger charge is -2.31. The smallest absolute Gasteiger partial charge is 0.303 e. The lowest BCUT2D eigenvalue weighted by atomic mass is 9.93. The quantitative estimate of drug-likeness (QED) is 0.886. The monoisotopic (exact) mass is 261 g/mol. The van der Waals surface area contributed by atoms with Crippen LogP contribution in [0.15, 0.2) is 24.3 Å². The van der Waals surface area contributed by atoms with Gasteiger partial charge >= 0.3 is 5.97 Å². The Bertz CT molecular complexity index is 423.